The van der Waals surface area contributed by atoms with Gasteiger partial charge in [0.2, 0.25) is 0 Å². The summed E-state index contributed by atoms with van der Waals surface area (Å²) in [4.78, 5) is 13.7. The number of alkyl halides is 1. The lowest BCUT2D eigenvalue weighted by atomic mass is 9.82. The molecule has 2 saturated heterocycles. The number of hydrogen-bond acceptors (Lipinski definition) is 3. The van der Waals surface area contributed by atoms with Gasteiger partial charge in [-0.05, 0) is 46.5 Å². The first kappa shape index (κ1) is 13.6. The van der Waals surface area contributed by atoms with E-state index < -0.39 is 30.0 Å². The maximum Gasteiger partial charge on any atom is 0.410 e. The maximum atomic E-state index is 14.0. The monoisotopic (exact) mass is 259 g/mol. The Balaban J connectivity index is 2.14. The van der Waals surface area contributed by atoms with Gasteiger partial charge < -0.3 is 9.84 Å². The number of carbonyl (C=O) groups excluding carboxylic acids is 1. The van der Waals surface area contributed by atoms with Crippen molar-refractivity contribution >= 4 is 6.09 Å². The second kappa shape index (κ2) is 4.68. The van der Waals surface area contributed by atoms with Gasteiger partial charge in [-0.15, -0.1) is 0 Å². The summed E-state index contributed by atoms with van der Waals surface area (Å²) in [6.07, 6.45) is -0.105. The summed E-state index contributed by atoms with van der Waals surface area (Å²) < 4.78 is 19.3. The first-order chi connectivity index (χ1) is 8.29. The van der Waals surface area contributed by atoms with Crippen molar-refractivity contribution in [2.75, 3.05) is 0 Å². The van der Waals surface area contributed by atoms with E-state index in [9.17, 15) is 14.3 Å². The average molecular weight is 259 g/mol. The van der Waals surface area contributed by atoms with Gasteiger partial charge in [-0.2, -0.15) is 0 Å². The van der Waals surface area contributed by atoms with E-state index in [1.165, 1.54) is 4.90 Å². The summed E-state index contributed by atoms with van der Waals surface area (Å²) in [6, 6.07) is -0.608. The van der Waals surface area contributed by atoms with Crippen LogP contribution in [0, 0.1) is 0 Å². The van der Waals surface area contributed by atoms with E-state index in [2.05, 4.69) is 0 Å². The van der Waals surface area contributed by atoms with Crippen LogP contribution in [-0.4, -0.2) is 46.1 Å². The normalized spacial score (nSPS) is 36.4. The van der Waals surface area contributed by atoms with Gasteiger partial charge >= 0.3 is 6.09 Å². The third kappa shape index (κ3) is 2.60. The van der Waals surface area contributed by atoms with E-state index in [4.69, 9.17) is 4.74 Å². The van der Waals surface area contributed by atoms with E-state index in [-0.39, 0.29) is 6.04 Å². The van der Waals surface area contributed by atoms with E-state index in [0.717, 1.165) is 12.8 Å². The number of fused-ring (bicyclic) bond motifs is 2. The number of rotatable bonds is 0. The fourth-order valence-corrected chi connectivity index (χ4v) is 2.92. The van der Waals surface area contributed by atoms with Crippen LogP contribution in [0.2, 0.25) is 0 Å². The van der Waals surface area contributed by atoms with E-state index in [1.54, 1.807) is 20.8 Å². The standard InChI is InChI=1S/C13H22FNO3/c1-13(2,3)18-12(17)15-8-5-4-6-9(15)11(14)10(16)7-8/h8-11,16H,4-7H2,1-3H3/t8?,9?,10-,11+/m1/s1. The smallest absolute Gasteiger partial charge is 0.410 e. The van der Waals surface area contributed by atoms with Gasteiger partial charge in [0.05, 0.1) is 12.1 Å². The first-order valence-corrected chi connectivity index (χ1v) is 6.63. The first-order valence-electron chi connectivity index (χ1n) is 6.63. The molecule has 4 nitrogen and oxygen atoms in total. The molecule has 0 saturated carbocycles. The van der Waals surface area contributed by atoms with Crippen LogP contribution >= 0.6 is 0 Å². The molecule has 2 rings (SSSR count). The SMILES string of the molecule is CC(C)(C)OC(=O)N1C2CCCC1[C@H](F)[C@H](O)C2. The predicted octanol–water partition coefficient (Wildman–Crippen LogP) is 2.25. The van der Waals surface area contributed by atoms with Gasteiger partial charge in [-0.25, -0.2) is 9.18 Å². The zero-order chi connectivity index (χ0) is 13.5. The van der Waals surface area contributed by atoms with Crippen LogP contribution < -0.4 is 0 Å². The summed E-state index contributed by atoms with van der Waals surface area (Å²) in [5, 5.41) is 9.66. The highest BCUT2D eigenvalue weighted by atomic mass is 19.1. The molecule has 0 aromatic carbocycles. The third-order valence-electron chi connectivity index (χ3n) is 3.64. The topological polar surface area (TPSA) is 49.8 Å². The second-order valence-corrected chi connectivity index (χ2v) is 6.29. The minimum atomic E-state index is -1.35. The Morgan fingerprint density at radius 3 is 2.67 bits per heavy atom. The molecule has 0 aliphatic carbocycles. The van der Waals surface area contributed by atoms with E-state index in [1.807, 2.05) is 0 Å². The summed E-state index contributed by atoms with van der Waals surface area (Å²) >= 11 is 0. The molecular formula is C13H22FNO3. The number of nitrogens with zero attached hydrogens (tertiary/aromatic N) is 1. The lowest BCUT2D eigenvalue weighted by molar-refractivity contribution is -0.0865. The fraction of sp³-hybridized carbons (Fsp3) is 0.923. The van der Waals surface area contributed by atoms with E-state index >= 15 is 0 Å². The van der Waals surface area contributed by atoms with Crippen molar-refractivity contribution in [1.29, 1.82) is 0 Å². The Hall–Kier alpha value is -0.840. The van der Waals surface area contributed by atoms with E-state index in [0.29, 0.717) is 12.8 Å². The number of hydrogen-bond donors (Lipinski definition) is 1. The fourth-order valence-electron chi connectivity index (χ4n) is 2.92. The number of aliphatic hydroxyl groups excluding tert-OH is 1. The van der Waals surface area contributed by atoms with Crippen molar-refractivity contribution in [1.82, 2.24) is 4.90 Å². The van der Waals surface area contributed by atoms with Crippen LogP contribution in [0.25, 0.3) is 0 Å². The molecule has 104 valence electrons. The molecule has 1 amide bonds. The van der Waals surface area contributed by atoms with Crippen molar-refractivity contribution in [2.45, 2.75) is 76.4 Å². The number of piperidine rings is 2. The van der Waals surface area contributed by atoms with Crippen LogP contribution in [0.5, 0.6) is 0 Å². The number of aliphatic hydroxyl groups is 1. The van der Waals surface area contributed by atoms with Crippen molar-refractivity contribution in [3.05, 3.63) is 0 Å². The van der Waals surface area contributed by atoms with Crippen LogP contribution in [0.3, 0.4) is 0 Å². The third-order valence-corrected chi connectivity index (χ3v) is 3.64. The molecule has 2 fully saturated rings. The Morgan fingerprint density at radius 2 is 2.06 bits per heavy atom. The Kier molecular flexibility index (Phi) is 3.54. The molecule has 2 heterocycles. The number of amides is 1. The Bertz CT molecular complexity index is 329. The molecule has 2 unspecified atom stereocenters. The zero-order valence-electron chi connectivity index (χ0n) is 11.2. The van der Waals surface area contributed by atoms with Crippen LogP contribution in [-0.2, 0) is 4.74 Å². The molecular weight excluding hydrogens is 237 g/mol. The van der Waals surface area contributed by atoms with Gasteiger partial charge in [0.25, 0.3) is 0 Å². The molecule has 2 aliphatic heterocycles. The largest absolute Gasteiger partial charge is 0.444 e. The lowest BCUT2D eigenvalue weighted by Crippen LogP contribution is -2.62. The number of ether oxygens (including phenoxy) is 1. The minimum absolute atomic E-state index is 0.0828. The van der Waals surface area contributed by atoms with Gasteiger partial charge in [0.1, 0.15) is 11.8 Å². The molecule has 2 aliphatic rings. The summed E-state index contributed by atoms with van der Waals surface area (Å²) in [5.41, 5.74) is -0.576. The predicted molar refractivity (Wildman–Crippen MR) is 65.0 cm³/mol. The quantitative estimate of drug-likeness (QED) is 0.726. The Morgan fingerprint density at radius 1 is 1.39 bits per heavy atom. The van der Waals surface area contributed by atoms with Gasteiger partial charge in [0, 0.05) is 6.04 Å². The highest BCUT2D eigenvalue weighted by Gasteiger charge is 2.48. The molecule has 0 spiro atoms. The summed E-state index contributed by atoms with van der Waals surface area (Å²) in [5.74, 6) is 0. The molecule has 4 atom stereocenters. The van der Waals surface area contributed by atoms with Crippen LogP contribution in [0.4, 0.5) is 9.18 Å². The molecule has 1 N–H and O–H groups in total. The second-order valence-electron chi connectivity index (χ2n) is 6.29. The summed E-state index contributed by atoms with van der Waals surface area (Å²) in [7, 11) is 0. The van der Waals surface area contributed by atoms with Crippen molar-refractivity contribution in [2.24, 2.45) is 0 Å². The van der Waals surface area contributed by atoms with Crippen LogP contribution in [0.15, 0.2) is 0 Å². The number of halogens is 1. The molecule has 5 heteroatoms. The molecule has 0 aromatic rings. The van der Waals surface area contributed by atoms with Crippen molar-refractivity contribution in [3.8, 4) is 0 Å². The highest BCUT2D eigenvalue weighted by molar-refractivity contribution is 5.69. The van der Waals surface area contributed by atoms with Crippen molar-refractivity contribution < 1.29 is 19.0 Å². The van der Waals surface area contributed by atoms with Crippen molar-refractivity contribution in [3.63, 3.8) is 0 Å². The van der Waals surface area contributed by atoms with Gasteiger partial charge in [0.15, 0.2) is 0 Å². The lowest BCUT2D eigenvalue weighted by Gasteiger charge is -2.49. The molecule has 2 bridgehead atoms. The van der Waals surface area contributed by atoms with Gasteiger partial charge in [-0.1, -0.05) is 0 Å². The highest BCUT2D eigenvalue weighted by Crippen LogP contribution is 2.36. The number of carbonyl (C=O) groups is 1. The maximum absolute atomic E-state index is 14.0. The molecule has 18 heavy (non-hydrogen) atoms. The zero-order valence-corrected chi connectivity index (χ0v) is 11.2. The van der Waals surface area contributed by atoms with Gasteiger partial charge in [-0.3, -0.25) is 4.90 Å². The summed E-state index contributed by atoms with van der Waals surface area (Å²) in [6.45, 7) is 5.39. The minimum Gasteiger partial charge on any atom is -0.444 e. The molecule has 0 aromatic heterocycles. The Labute approximate surface area is 107 Å². The molecule has 0 radical (unpaired) electrons. The van der Waals surface area contributed by atoms with Crippen LogP contribution in [0.1, 0.15) is 46.5 Å². The average Bonchev–Trinajstić information content (AvgIpc) is 2.23.